The summed E-state index contributed by atoms with van der Waals surface area (Å²) in [6, 6.07) is 8.43. The molecule has 2 aromatic rings. The third-order valence-electron chi connectivity index (χ3n) is 10.6. The lowest BCUT2D eigenvalue weighted by molar-refractivity contribution is 0.102. The van der Waals surface area contributed by atoms with Crippen molar-refractivity contribution in [1.29, 1.82) is 0 Å². The Kier molecular flexibility index (Phi) is 7.84. The molecule has 0 radical (unpaired) electrons. The van der Waals surface area contributed by atoms with E-state index in [1.807, 2.05) is 24.4 Å². The molecule has 3 fully saturated rings. The molecule has 1 amide bonds. The predicted octanol–water partition coefficient (Wildman–Crippen LogP) is 5.90. The zero-order chi connectivity index (χ0) is 31.5. The largest absolute Gasteiger partial charge is 0.508 e. The summed E-state index contributed by atoms with van der Waals surface area (Å²) >= 11 is -1.02. The lowest BCUT2D eigenvalue weighted by atomic mass is 9.90. The molecule has 1 unspecified atom stereocenters. The Morgan fingerprint density at radius 1 is 1.15 bits per heavy atom. The first-order chi connectivity index (χ1) is 22.3. The van der Waals surface area contributed by atoms with Gasteiger partial charge in [-0.1, -0.05) is 18.2 Å². The van der Waals surface area contributed by atoms with Crippen LogP contribution >= 0.6 is 20.7 Å². The van der Waals surface area contributed by atoms with Crippen molar-refractivity contribution in [3.63, 3.8) is 0 Å². The number of piperidine rings is 1. The number of benzene rings is 2. The monoisotopic (exact) mass is 741 g/mol. The van der Waals surface area contributed by atoms with E-state index in [0.717, 1.165) is 76.9 Å². The number of phenols is 1. The van der Waals surface area contributed by atoms with Crippen LogP contribution in [0.2, 0.25) is 0 Å². The van der Waals surface area contributed by atoms with Crippen LogP contribution in [0.3, 0.4) is 0 Å². The average molecular weight is 742 g/mol. The summed E-state index contributed by atoms with van der Waals surface area (Å²) in [5.41, 5.74) is 1.98. The highest BCUT2D eigenvalue weighted by molar-refractivity contribution is 14.2. The van der Waals surface area contributed by atoms with Crippen molar-refractivity contribution in [2.24, 2.45) is 4.99 Å². The van der Waals surface area contributed by atoms with Gasteiger partial charge in [0.25, 0.3) is 0 Å². The van der Waals surface area contributed by atoms with Gasteiger partial charge in [-0.2, -0.15) is 0 Å². The van der Waals surface area contributed by atoms with Crippen LogP contribution in [0.5, 0.6) is 5.75 Å². The SMILES string of the molecule is C[C@@]12CCCN(C1)C1=C3C=NC(C(F)=C3I=C(OCC34CCCN3CCC4)N1)c1cc(O)cc3cccc(c13)CCCOC(=O)N2. The normalized spacial score (nSPS) is 27.9. The van der Waals surface area contributed by atoms with Gasteiger partial charge in [0.15, 0.2) is 3.82 Å². The van der Waals surface area contributed by atoms with Gasteiger partial charge in [-0.05, 0) is 126 Å². The van der Waals surface area contributed by atoms with Gasteiger partial charge in [0.1, 0.15) is 23.4 Å². The molecular formula is C35H41FIN5O4. The van der Waals surface area contributed by atoms with E-state index in [2.05, 4.69) is 27.4 Å². The van der Waals surface area contributed by atoms with Gasteiger partial charge in [-0.15, -0.1) is 0 Å². The number of alkyl carbamates (subject to hydrolysis) is 1. The molecule has 11 heteroatoms. The van der Waals surface area contributed by atoms with Crippen molar-refractivity contribution in [2.45, 2.75) is 75.4 Å². The summed E-state index contributed by atoms with van der Waals surface area (Å²) in [5, 5.41) is 19.3. The van der Waals surface area contributed by atoms with Crippen molar-refractivity contribution in [3.8, 4) is 5.75 Å². The molecule has 7 aliphatic rings. The zero-order valence-electron chi connectivity index (χ0n) is 26.2. The first kappa shape index (κ1) is 30.3. The lowest BCUT2D eigenvalue weighted by Gasteiger charge is -2.44. The van der Waals surface area contributed by atoms with Gasteiger partial charge in [-0.25, -0.2) is 9.18 Å². The van der Waals surface area contributed by atoms with Gasteiger partial charge < -0.3 is 30.1 Å². The molecule has 6 bridgehead atoms. The van der Waals surface area contributed by atoms with Crippen molar-refractivity contribution in [3.05, 3.63) is 62.3 Å². The summed E-state index contributed by atoms with van der Waals surface area (Å²) in [6.45, 7) is 6.47. The Morgan fingerprint density at radius 2 is 1.98 bits per heavy atom. The fraction of sp³-hybridized carbons (Fsp3) is 0.514. The zero-order valence-corrected chi connectivity index (χ0v) is 28.4. The van der Waals surface area contributed by atoms with E-state index < -0.39 is 38.4 Å². The fourth-order valence-corrected chi connectivity index (χ4v) is 10.9. The summed E-state index contributed by atoms with van der Waals surface area (Å²) in [6.07, 6.45) is 8.98. The van der Waals surface area contributed by atoms with Crippen LogP contribution in [0.1, 0.15) is 69.0 Å². The third kappa shape index (κ3) is 5.41. The summed E-state index contributed by atoms with van der Waals surface area (Å²) in [4.78, 5) is 22.6. The van der Waals surface area contributed by atoms with Gasteiger partial charge in [0.2, 0.25) is 0 Å². The molecule has 9 rings (SSSR count). The molecule has 3 N–H and O–H groups in total. The van der Waals surface area contributed by atoms with E-state index in [0.29, 0.717) is 35.1 Å². The van der Waals surface area contributed by atoms with E-state index in [4.69, 9.17) is 14.5 Å². The maximum Gasteiger partial charge on any atom is 0.407 e. The van der Waals surface area contributed by atoms with E-state index in [-0.39, 0.29) is 23.7 Å². The van der Waals surface area contributed by atoms with E-state index in [1.54, 1.807) is 12.1 Å². The highest BCUT2D eigenvalue weighted by atomic mass is 127. The van der Waals surface area contributed by atoms with Crippen molar-refractivity contribution in [1.82, 2.24) is 20.4 Å². The Labute approximate surface area is 278 Å². The molecule has 46 heavy (non-hydrogen) atoms. The number of dihydropyridines is 1. The molecule has 0 aliphatic carbocycles. The standard InChI is InChI=1S/C35H41FIN5O4/c1-34-10-4-13-41(20-34)31-26-19-38-30(28(36)29(26)37-32(39-31)46-21-35-11-5-14-42(35)15-6-12-35)25-18-24(43)17-23-8-2-7-22(27(23)25)9-3-16-45-33(44)40-34/h2,7-8,17-19,30,39,43H,3-6,9-16,20-21H2,1H3,(H,40,44)/t30?,34-/m1/s1. The number of phenolic OH excluding ortho intramolecular Hbond substituents is 1. The summed E-state index contributed by atoms with van der Waals surface area (Å²) < 4.78 is 30.9. The van der Waals surface area contributed by atoms with E-state index in [9.17, 15) is 9.90 Å². The molecule has 7 aliphatic heterocycles. The first-order valence-corrected chi connectivity index (χ1v) is 18.8. The van der Waals surface area contributed by atoms with Gasteiger partial charge in [0.05, 0.1) is 22.3 Å². The highest BCUT2D eigenvalue weighted by Gasteiger charge is 2.45. The molecule has 0 spiro atoms. The molecule has 2 aromatic carbocycles. The minimum absolute atomic E-state index is 0.0726. The maximum absolute atomic E-state index is 17.1. The number of hydrogen-bond donors (Lipinski definition) is 3. The van der Waals surface area contributed by atoms with Crippen LogP contribution in [0.25, 0.3) is 10.8 Å². The number of aryl methyl sites for hydroxylation is 1. The predicted molar refractivity (Wildman–Crippen MR) is 185 cm³/mol. The smallest absolute Gasteiger partial charge is 0.407 e. The van der Waals surface area contributed by atoms with Crippen molar-refractivity contribution < 1.29 is 23.8 Å². The third-order valence-corrected chi connectivity index (χ3v) is 13.3. The number of aromatic hydroxyl groups is 1. The number of fused-ring (bicyclic) bond motifs is 6. The molecule has 0 saturated carbocycles. The van der Waals surface area contributed by atoms with Crippen LogP contribution < -0.4 is 10.6 Å². The highest BCUT2D eigenvalue weighted by Crippen LogP contribution is 2.47. The van der Waals surface area contributed by atoms with Gasteiger partial charge in [-0.3, -0.25) is 9.89 Å². The van der Waals surface area contributed by atoms with Crippen molar-refractivity contribution >= 4 is 47.6 Å². The number of nitrogens with one attached hydrogen (secondary N) is 2. The number of allylic oxidation sites excluding steroid dienone is 2. The maximum atomic E-state index is 17.1. The van der Waals surface area contributed by atoms with Crippen LogP contribution in [-0.4, -0.2) is 81.5 Å². The number of rotatable bonds is 3. The van der Waals surface area contributed by atoms with Gasteiger partial charge in [0, 0.05) is 30.4 Å². The molecule has 2 atom stereocenters. The number of carbonyl (C=O) groups excluding carboxylic acids is 1. The number of amides is 1. The number of hydrogen-bond acceptors (Lipinski definition) is 8. The Morgan fingerprint density at radius 3 is 2.83 bits per heavy atom. The minimum Gasteiger partial charge on any atom is -0.508 e. The van der Waals surface area contributed by atoms with Gasteiger partial charge >= 0.3 is 6.09 Å². The quantitative estimate of drug-likeness (QED) is 0.338. The lowest BCUT2D eigenvalue weighted by Crippen LogP contribution is -2.58. The topological polar surface area (TPSA) is 98.7 Å². The second-order valence-corrected chi connectivity index (χ2v) is 16.4. The molecule has 244 valence electrons. The summed E-state index contributed by atoms with van der Waals surface area (Å²) in [5.74, 6) is 0.599. The second kappa shape index (κ2) is 11.9. The molecule has 3 saturated heterocycles. The number of aliphatic imine (C=N–C) groups is 1. The van der Waals surface area contributed by atoms with E-state index >= 15 is 4.39 Å². The number of nitrogens with zero attached hydrogens (tertiary/aromatic N) is 3. The molecular weight excluding hydrogens is 700 g/mol. The van der Waals surface area contributed by atoms with Crippen molar-refractivity contribution in [2.75, 3.05) is 39.4 Å². The average Bonchev–Trinajstić information content (AvgIpc) is 3.62. The Balaban J connectivity index is 1.25. The number of ether oxygens (including phenoxy) is 2. The minimum atomic E-state index is -1.02. The number of halogens is 2. The number of carbonyl (C=O) groups is 1. The Hall–Kier alpha value is -3.03. The molecule has 0 aromatic heterocycles. The first-order valence-electron chi connectivity index (χ1n) is 16.6. The van der Waals surface area contributed by atoms with Crippen LogP contribution in [-0.2, 0) is 15.9 Å². The summed E-state index contributed by atoms with van der Waals surface area (Å²) in [7, 11) is 0. The van der Waals surface area contributed by atoms with E-state index in [1.165, 1.54) is 12.8 Å². The molecule has 9 nitrogen and oxygen atoms in total. The molecule has 7 heterocycles. The van der Waals surface area contributed by atoms with Crippen LogP contribution in [0.4, 0.5) is 9.18 Å². The fourth-order valence-electron chi connectivity index (χ4n) is 8.43. The van der Waals surface area contributed by atoms with Crippen LogP contribution in [0.15, 0.2) is 56.1 Å². The Bertz CT molecular complexity index is 1710. The van der Waals surface area contributed by atoms with Crippen LogP contribution in [0, 0.1) is 0 Å². The second-order valence-electron chi connectivity index (χ2n) is 13.8.